The number of rotatable bonds is 8. The van der Waals surface area contributed by atoms with Gasteiger partial charge in [0.05, 0.1) is 4.92 Å². The second kappa shape index (κ2) is 7.79. The molecule has 1 N–H and O–H groups in total. The maximum atomic E-state index is 10.7. The van der Waals surface area contributed by atoms with Crippen molar-refractivity contribution in [3.05, 3.63) is 39.9 Å². The van der Waals surface area contributed by atoms with Gasteiger partial charge in [-0.3, -0.25) is 10.1 Å². The van der Waals surface area contributed by atoms with Crippen LogP contribution in [0.2, 0.25) is 0 Å². The fraction of sp³-hybridized carbons (Fsp3) is 0.538. The van der Waals surface area contributed by atoms with E-state index < -0.39 is 0 Å². The van der Waals surface area contributed by atoms with Gasteiger partial charge < -0.3 is 10.1 Å². The zero-order valence-corrected chi connectivity index (χ0v) is 10.9. The van der Waals surface area contributed by atoms with Crippen LogP contribution in [-0.4, -0.2) is 24.7 Å². The summed E-state index contributed by atoms with van der Waals surface area (Å²) >= 11 is 0. The number of nitrogens with one attached hydrogen (secondary N) is 1. The monoisotopic (exact) mass is 252 g/mol. The van der Waals surface area contributed by atoms with Crippen molar-refractivity contribution in [1.82, 2.24) is 5.32 Å². The Morgan fingerprint density at radius 3 is 2.94 bits per heavy atom. The van der Waals surface area contributed by atoms with E-state index >= 15 is 0 Å². The highest BCUT2D eigenvalue weighted by Crippen LogP contribution is 2.18. The summed E-state index contributed by atoms with van der Waals surface area (Å²) in [6.45, 7) is 6.29. The van der Waals surface area contributed by atoms with E-state index in [0.29, 0.717) is 0 Å². The van der Waals surface area contributed by atoms with Crippen LogP contribution in [0.15, 0.2) is 24.3 Å². The molecule has 1 aromatic carbocycles. The van der Waals surface area contributed by atoms with E-state index in [1.54, 1.807) is 12.1 Å². The number of hydrogen-bond donors (Lipinski definition) is 1. The largest absolute Gasteiger partial charge is 0.382 e. The number of nitro benzene ring substituents is 1. The Bertz CT molecular complexity index is 382. The first kappa shape index (κ1) is 14.6. The van der Waals surface area contributed by atoms with Gasteiger partial charge in [-0.15, -0.1) is 0 Å². The molecule has 1 unspecified atom stereocenters. The zero-order valence-electron chi connectivity index (χ0n) is 10.9. The molecule has 0 radical (unpaired) electrons. The Kier molecular flexibility index (Phi) is 6.32. The summed E-state index contributed by atoms with van der Waals surface area (Å²) in [6.07, 6.45) is 0.938. The molecular formula is C13H20N2O3. The van der Waals surface area contributed by atoms with E-state index in [1.807, 2.05) is 19.9 Å². The van der Waals surface area contributed by atoms with E-state index in [4.69, 9.17) is 4.74 Å². The first-order valence-corrected chi connectivity index (χ1v) is 6.20. The summed E-state index contributed by atoms with van der Waals surface area (Å²) in [5, 5.41) is 14.0. The van der Waals surface area contributed by atoms with Crippen LogP contribution < -0.4 is 5.32 Å². The smallest absolute Gasteiger partial charge is 0.269 e. The zero-order chi connectivity index (χ0) is 13.4. The van der Waals surface area contributed by atoms with E-state index in [2.05, 4.69) is 5.32 Å². The number of hydrogen-bond acceptors (Lipinski definition) is 4. The second-order valence-corrected chi connectivity index (χ2v) is 4.08. The topological polar surface area (TPSA) is 64.4 Å². The number of nitrogens with zero attached hydrogens (tertiary/aromatic N) is 1. The summed E-state index contributed by atoms with van der Waals surface area (Å²) in [4.78, 5) is 10.3. The predicted molar refractivity (Wildman–Crippen MR) is 70.6 cm³/mol. The molecule has 0 bridgehead atoms. The van der Waals surface area contributed by atoms with Crippen LogP contribution in [0.5, 0.6) is 0 Å². The van der Waals surface area contributed by atoms with Crippen molar-refractivity contribution in [2.24, 2.45) is 0 Å². The standard InChI is InChI=1S/C13H20N2O3/c1-3-18-9-5-8-14-11(2)12-6-4-7-13(10-12)15(16)17/h4,6-7,10-11,14H,3,5,8-9H2,1-2H3. The van der Waals surface area contributed by atoms with Crippen LogP contribution >= 0.6 is 0 Å². The second-order valence-electron chi connectivity index (χ2n) is 4.08. The highest BCUT2D eigenvalue weighted by molar-refractivity contribution is 5.35. The van der Waals surface area contributed by atoms with Gasteiger partial charge in [-0.1, -0.05) is 12.1 Å². The van der Waals surface area contributed by atoms with Gasteiger partial charge in [0.1, 0.15) is 0 Å². The lowest BCUT2D eigenvalue weighted by Crippen LogP contribution is -2.21. The van der Waals surface area contributed by atoms with Crippen molar-refractivity contribution >= 4 is 5.69 Å². The molecule has 18 heavy (non-hydrogen) atoms. The molecule has 0 aliphatic rings. The molecule has 0 saturated carbocycles. The Labute approximate surface area is 107 Å². The lowest BCUT2D eigenvalue weighted by atomic mass is 10.1. The molecule has 0 fully saturated rings. The molecule has 5 nitrogen and oxygen atoms in total. The SMILES string of the molecule is CCOCCCNC(C)c1cccc([N+](=O)[O-])c1. The summed E-state index contributed by atoms with van der Waals surface area (Å²) in [7, 11) is 0. The Morgan fingerprint density at radius 1 is 1.50 bits per heavy atom. The molecule has 100 valence electrons. The van der Waals surface area contributed by atoms with E-state index in [0.717, 1.165) is 31.7 Å². The third kappa shape index (κ3) is 4.81. The van der Waals surface area contributed by atoms with Crippen LogP contribution in [0.25, 0.3) is 0 Å². The maximum Gasteiger partial charge on any atom is 0.269 e. The molecule has 0 aliphatic carbocycles. The summed E-state index contributed by atoms with van der Waals surface area (Å²) < 4.78 is 5.24. The van der Waals surface area contributed by atoms with E-state index in [1.165, 1.54) is 6.07 Å². The molecule has 0 amide bonds. The minimum absolute atomic E-state index is 0.103. The van der Waals surface area contributed by atoms with Crippen molar-refractivity contribution in [2.45, 2.75) is 26.3 Å². The molecule has 0 spiro atoms. The van der Waals surface area contributed by atoms with Gasteiger partial charge in [-0.2, -0.15) is 0 Å². The van der Waals surface area contributed by atoms with Crippen LogP contribution in [0.1, 0.15) is 31.9 Å². The molecule has 1 atom stereocenters. The third-order valence-electron chi connectivity index (χ3n) is 2.70. The molecule has 1 aromatic rings. The minimum Gasteiger partial charge on any atom is -0.382 e. The highest BCUT2D eigenvalue weighted by Gasteiger charge is 2.09. The molecule has 1 rings (SSSR count). The maximum absolute atomic E-state index is 10.7. The van der Waals surface area contributed by atoms with E-state index in [-0.39, 0.29) is 16.7 Å². The molecule has 5 heteroatoms. The van der Waals surface area contributed by atoms with Crippen molar-refractivity contribution in [3.8, 4) is 0 Å². The fourth-order valence-electron chi connectivity index (χ4n) is 1.66. The van der Waals surface area contributed by atoms with Gasteiger partial charge in [-0.05, 0) is 32.4 Å². The minimum atomic E-state index is -0.370. The first-order chi connectivity index (χ1) is 8.65. The van der Waals surface area contributed by atoms with Gasteiger partial charge in [0, 0.05) is 31.4 Å². The van der Waals surface area contributed by atoms with Gasteiger partial charge in [0.15, 0.2) is 0 Å². The quantitative estimate of drug-likeness (QED) is 0.439. The predicted octanol–water partition coefficient (Wildman–Crippen LogP) is 2.67. The van der Waals surface area contributed by atoms with Crippen LogP contribution in [0, 0.1) is 10.1 Å². The molecule has 0 saturated heterocycles. The molecule has 0 aliphatic heterocycles. The lowest BCUT2D eigenvalue weighted by molar-refractivity contribution is -0.384. The highest BCUT2D eigenvalue weighted by atomic mass is 16.6. The van der Waals surface area contributed by atoms with Crippen molar-refractivity contribution in [1.29, 1.82) is 0 Å². The fourth-order valence-corrected chi connectivity index (χ4v) is 1.66. The number of ether oxygens (including phenoxy) is 1. The van der Waals surface area contributed by atoms with E-state index in [9.17, 15) is 10.1 Å². The van der Waals surface area contributed by atoms with Crippen molar-refractivity contribution < 1.29 is 9.66 Å². The lowest BCUT2D eigenvalue weighted by Gasteiger charge is -2.13. The Hall–Kier alpha value is -1.46. The van der Waals surface area contributed by atoms with Crippen LogP contribution in [-0.2, 0) is 4.74 Å². The summed E-state index contributed by atoms with van der Waals surface area (Å²) in [6, 6.07) is 6.83. The Balaban J connectivity index is 2.43. The van der Waals surface area contributed by atoms with Crippen LogP contribution in [0.3, 0.4) is 0 Å². The molecule has 0 heterocycles. The third-order valence-corrected chi connectivity index (χ3v) is 2.70. The molecular weight excluding hydrogens is 232 g/mol. The average Bonchev–Trinajstić information content (AvgIpc) is 2.38. The number of nitro groups is 1. The van der Waals surface area contributed by atoms with Gasteiger partial charge in [0.25, 0.3) is 5.69 Å². The molecule has 0 aromatic heterocycles. The van der Waals surface area contributed by atoms with Crippen molar-refractivity contribution in [2.75, 3.05) is 19.8 Å². The van der Waals surface area contributed by atoms with Crippen LogP contribution in [0.4, 0.5) is 5.69 Å². The number of non-ortho nitro benzene ring substituents is 1. The summed E-state index contributed by atoms with van der Waals surface area (Å²) in [5.41, 5.74) is 1.07. The van der Waals surface area contributed by atoms with Crippen molar-refractivity contribution in [3.63, 3.8) is 0 Å². The van der Waals surface area contributed by atoms with Gasteiger partial charge in [-0.25, -0.2) is 0 Å². The first-order valence-electron chi connectivity index (χ1n) is 6.20. The summed E-state index contributed by atoms with van der Waals surface area (Å²) in [5.74, 6) is 0. The normalized spacial score (nSPS) is 12.3. The average molecular weight is 252 g/mol. The van der Waals surface area contributed by atoms with Gasteiger partial charge in [0.2, 0.25) is 0 Å². The van der Waals surface area contributed by atoms with Gasteiger partial charge >= 0.3 is 0 Å². The Morgan fingerprint density at radius 2 is 2.28 bits per heavy atom. The number of benzene rings is 1.